The van der Waals surface area contributed by atoms with Crippen molar-refractivity contribution in [1.29, 1.82) is 0 Å². The first-order chi connectivity index (χ1) is 13.6. The average Bonchev–Trinajstić information content (AvgIpc) is 2.73. The quantitative estimate of drug-likeness (QED) is 0.733. The third-order valence-electron chi connectivity index (χ3n) is 5.13. The van der Waals surface area contributed by atoms with Gasteiger partial charge in [-0.3, -0.25) is 4.79 Å². The van der Waals surface area contributed by atoms with Gasteiger partial charge in [0.25, 0.3) is 5.91 Å². The molecule has 0 bridgehead atoms. The minimum absolute atomic E-state index is 0.181. The van der Waals surface area contributed by atoms with E-state index in [9.17, 15) is 9.59 Å². The Hall–Kier alpha value is -2.82. The van der Waals surface area contributed by atoms with Crippen LogP contribution in [-0.4, -0.2) is 24.5 Å². The first-order valence-corrected chi connectivity index (χ1v) is 9.85. The summed E-state index contributed by atoms with van der Waals surface area (Å²) in [5, 5.41) is 2.98. The Morgan fingerprint density at radius 3 is 2.43 bits per heavy atom. The van der Waals surface area contributed by atoms with Crippen molar-refractivity contribution in [3.8, 4) is 5.75 Å². The number of ether oxygens (including phenoxy) is 2. The van der Waals surface area contributed by atoms with E-state index in [1.54, 1.807) is 24.3 Å². The lowest BCUT2D eigenvalue weighted by atomic mass is 9.86. The molecule has 1 aliphatic rings. The number of rotatable bonds is 7. The van der Waals surface area contributed by atoms with E-state index in [1.165, 1.54) is 6.42 Å². The molecule has 1 saturated carbocycles. The first-order valence-electron chi connectivity index (χ1n) is 9.85. The molecule has 1 amide bonds. The van der Waals surface area contributed by atoms with E-state index >= 15 is 0 Å². The summed E-state index contributed by atoms with van der Waals surface area (Å²) in [6.45, 7) is 2.36. The summed E-state index contributed by atoms with van der Waals surface area (Å²) in [5.74, 6) is 0.387. The molecular weight excluding hydrogens is 354 g/mol. The molecule has 0 aromatic heterocycles. The minimum Gasteiger partial charge on any atom is -0.489 e. The zero-order valence-corrected chi connectivity index (χ0v) is 16.2. The highest BCUT2D eigenvalue weighted by atomic mass is 16.5. The minimum atomic E-state index is -0.513. The van der Waals surface area contributed by atoms with E-state index in [1.807, 2.05) is 30.3 Å². The molecule has 5 nitrogen and oxygen atoms in total. The van der Waals surface area contributed by atoms with E-state index in [2.05, 4.69) is 12.2 Å². The first kappa shape index (κ1) is 19.9. The van der Waals surface area contributed by atoms with Crippen molar-refractivity contribution in [2.45, 2.75) is 45.3 Å². The van der Waals surface area contributed by atoms with Crippen LogP contribution >= 0.6 is 0 Å². The third kappa shape index (κ3) is 5.84. The largest absolute Gasteiger partial charge is 0.489 e. The molecule has 0 aliphatic heterocycles. The molecule has 0 spiro atoms. The van der Waals surface area contributed by atoms with Crippen LogP contribution in [0, 0.1) is 5.92 Å². The van der Waals surface area contributed by atoms with Gasteiger partial charge in [-0.2, -0.15) is 0 Å². The van der Waals surface area contributed by atoms with Crippen molar-refractivity contribution in [2.24, 2.45) is 5.92 Å². The Balaban J connectivity index is 1.43. The van der Waals surface area contributed by atoms with Gasteiger partial charge in [-0.15, -0.1) is 0 Å². The molecule has 1 N–H and O–H groups in total. The van der Waals surface area contributed by atoms with E-state index in [0.29, 0.717) is 23.8 Å². The number of carbonyl (C=O) groups is 2. The normalized spacial score (nSPS) is 18.9. The lowest BCUT2D eigenvalue weighted by Gasteiger charge is -2.29. The summed E-state index contributed by atoms with van der Waals surface area (Å²) in [6.07, 6.45) is 4.47. The zero-order chi connectivity index (χ0) is 19.8. The molecule has 148 valence electrons. The third-order valence-corrected chi connectivity index (χ3v) is 5.13. The summed E-state index contributed by atoms with van der Waals surface area (Å²) >= 11 is 0. The maximum absolute atomic E-state index is 12.2. The van der Waals surface area contributed by atoms with E-state index in [-0.39, 0.29) is 18.6 Å². The summed E-state index contributed by atoms with van der Waals surface area (Å²) in [6, 6.07) is 16.8. The van der Waals surface area contributed by atoms with Gasteiger partial charge in [0.15, 0.2) is 6.61 Å². The second kappa shape index (κ2) is 9.93. The van der Waals surface area contributed by atoms with Gasteiger partial charge in [-0.1, -0.05) is 50.1 Å². The van der Waals surface area contributed by atoms with Crippen LogP contribution in [0.5, 0.6) is 5.75 Å². The van der Waals surface area contributed by atoms with Crippen LogP contribution in [0.2, 0.25) is 0 Å². The van der Waals surface area contributed by atoms with Gasteiger partial charge in [-0.05, 0) is 48.6 Å². The zero-order valence-electron chi connectivity index (χ0n) is 16.2. The second-order valence-corrected chi connectivity index (χ2v) is 7.31. The van der Waals surface area contributed by atoms with Crippen LogP contribution in [0.3, 0.4) is 0 Å². The van der Waals surface area contributed by atoms with Gasteiger partial charge in [0, 0.05) is 6.04 Å². The molecule has 2 aromatic carbocycles. The standard InChI is InChI=1S/C23H27NO4/c1-17-7-5-6-10-21(17)24-22(25)16-28-23(26)19-11-13-20(14-12-19)27-15-18-8-3-2-4-9-18/h2-4,8-9,11-14,17,21H,5-7,10,15-16H2,1H3,(H,24,25)/t17-,21+/m0/s1. The molecule has 0 unspecified atom stereocenters. The fourth-order valence-corrected chi connectivity index (χ4v) is 3.42. The molecule has 2 aromatic rings. The number of amides is 1. The summed E-state index contributed by atoms with van der Waals surface area (Å²) in [4.78, 5) is 24.2. The van der Waals surface area contributed by atoms with Gasteiger partial charge in [0.05, 0.1) is 5.56 Å². The molecule has 0 heterocycles. The highest BCUT2D eigenvalue weighted by Crippen LogP contribution is 2.23. The molecular formula is C23H27NO4. The topological polar surface area (TPSA) is 64.6 Å². The van der Waals surface area contributed by atoms with Crippen molar-refractivity contribution < 1.29 is 19.1 Å². The molecule has 3 rings (SSSR count). The highest BCUT2D eigenvalue weighted by molar-refractivity contribution is 5.91. The fourth-order valence-electron chi connectivity index (χ4n) is 3.42. The van der Waals surface area contributed by atoms with Crippen LogP contribution in [0.4, 0.5) is 0 Å². The van der Waals surface area contributed by atoms with Gasteiger partial charge >= 0.3 is 5.97 Å². The molecule has 0 radical (unpaired) electrons. The number of carbonyl (C=O) groups excluding carboxylic acids is 2. The Morgan fingerprint density at radius 2 is 1.71 bits per heavy atom. The Labute approximate surface area is 166 Å². The summed E-state index contributed by atoms with van der Waals surface area (Å²) in [7, 11) is 0. The number of benzene rings is 2. The van der Waals surface area contributed by atoms with Gasteiger partial charge in [0.2, 0.25) is 0 Å². The van der Waals surface area contributed by atoms with Gasteiger partial charge in [0.1, 0.15) is 12.4 Å². The molecule has 2 atom stereocenters. The van der Waals surface area contributed by atoms with Crippen molar-refractivity contribution in [2.75, 3.05) is 6.61 Å². The van der Waals surface area contributed by atoms with Crippen LogP contribution in [0.1, 0.15) is 48.5 Å². The van der Waals surface area contributed by atoms with Crippen molar-refractivity contribution in [3.63, 3.8) is 0 Å². The number of nitrogens with one attached hydrogen (secondary N) is 1. The number of hydrogen-bond acceptors (Lipinski definition) is 4. The van der Waals surface area contributed by atoms with E-state index in [4.69, 9.17) is 9.47 Å². The highest BCUT2D eigenvalue weighted by Gasteiger charge is 2.23. The van der Waals surface area contributed by atoms with Crippen molar-refractivity contribution >= 4 is 11.9 Å². The maximum Gasteiger partial charge on any atom is 0.338 e. The molecule has 1 aliphatic carbocycles. The van der Waals surface area contributed by atoms with Crippen LogP contribution < -0.4 is 10.1 Å². The lowest BCUT2D eigenvalue weighted by Crippen LogP contribution is -2.42. The van der Waals surface area contributed by atoms with Gasteiger partial charge in [-0.25, -0.2) is 4.79 Å². The predicted molar refractivity (Wildman–Crippen MR) is 107 cm³/mol. The molecule has 5 heteroatoms. The number of hydrogen-bond donors (Lipinski definition) is 1. The average molecular weight is 381 g/mol. The molecule has 28 heavy (non-hydrogen) atoms. The maximum atomic E-state index is 12.2. The van der Waals surface area contributed by atoms with Crippen molar-refractivity contribution in [3.05, 3.63) is 65.7 Å². The second-order valence-electron chi connectivity index (χ2n) is 7.31. The number of esters is 1. The monoisotopic (exact) mass is 381 g/mol. The van der Waals surface area contributed by atoms with E-state index < -0.39 is 5.97 Å². The Morgan fingerprint density at radius 1 is 1.00 bits per heavy atom. The lowest BCUT2D eigenvalue weighted by molar-refractivity contribution is -0.125. The summed E-state index contributed by atoms with van der Waals surface area (Å²) < 4.78 is 10.8. The van der Waals surface area contributed by atoms with E-state index in [0.717, 1.165) is 24.8 Å². The smallest absolute Gasteiger partial charge is 0.338 e. The van der Waals surface area contributed by atoms with Crippen molar-refractivity contribution in [1.82, 2.24) is 5.32 Å². The fraction of sp³-hybridized carbons (Fsp3) is 0.391. The predicted octanol–water partition coefficient (Wildman–Crippen LogP) is 4.12. The van der Waals surface area contributed by atoms with Crippen LogP contribution in [-0.2, 0) is 16.1 Å². The summed E-state index contributed by atoms with van der Waals surface area (Å²) in [5.41, 5.74) is 1.47. The Kier molecular flexibility index (Phi) is 7.06. The van der Waals surface area contributed by atoms with Crippen LogP contribution in [0.25, 0.3) is 0 Å². The SMILES string of the molecule is C[C@H]1CCCC[C@H]1NC(=O)COC(=O)c1ccc(OCc2ccccc2)cc1. The van der Waals surface area contributed by atoms with Crippen LogP contribution in [0.15, 0.2) is 54.6 Å². The molecule has 0 saturated heterocycles. The Bertz CT molecular complexity index is 773. The van der Waals surface area contributed by atoms with Gasteiger partial charge < -0.3 is 14.8 Å². The molecule has 1 fully saturated rings.